The standard InChI is InChI=1S/C18H20N2OS/c21-18(20-10-9-19-7-4-17(20)5-8-19)15-3-1-2-14(12-15)16-6-11-22-13-16/h1-3,6,11-13,17H,4-5,7-10H2. The van der Waals surface area contributed by atoms with Crippen molar-refractivity contribution in [1.29, 1.82) is 0 Å². The first kappa shape index (κ1) is 14.0. The Balaban J connectivity index is 1.61. The zero-order chi connectivity index (χ0) is 14.9. The van der Waals surface area contributed by atoms with Gasteiger partial charge in [-0.2, -0.15) is 11.3 Å². The molecule has 0 atom stereocenters. The van der Waals surface area contributed by atoms with Crippen LogP contribution in [-0.2, 0) is 0 Å². The number of fused-ring (bicyclic) bond motifs is 4. The number of thiophene rings is 1. The van der Waals surface area contributed by atoms with Crippen molar-refractivity contribution >= 4 is 17.2 Å². The number of hydrogen-bond donors (Lipinski definition) is 0. The summed E-state index contributed by atoms with van der Waals surface area (Å²) in [5, 5.41) is 4.20. The second kappa shape index (κ2) is 5.86. The lowest BCUT2D eigenvalue weighted by molar-refractivity contribution is 0.0685. The van der Waals surface area contributed by atoms with Gasteiger partial charge in [0.05, 0.1) is 0 Å². The largest absolute Gasteiger partial charge is 0.334 e. The summed E-state index contributed by atoms with van der Waals surface area (Å²) in [5.74, 6) is 0.200. The molecule has 3 aliphatic heterocycles. The Morgan fingerprint density at radius 2 is 1.91 bits per heavy atom. The predicted octanol–water partition coefficient (Wildman–Crippen LogP) is 3.34. The summed E-state index contributed by atoms with van der Waals surface area (Å²) in [6.45, 7) is 4.17. The molecule has 3 aliphatic rings. The van der Waals surface area contributed by atoms with E-state index in [4.69, 9.17) is 0 Å². The van der Waals surface area contributed by atoms with Crippen molar-refractivity contribution in [3.63, 3.8) is 0 Å². The molecule has 0 unspecified atom stereocenters. The molecular formula is C18H20N2OS. The topological polar surface area (TPSA) is 23.6 Å². The molecule has 3 saturated heterocycles. The lowest BCUT2D eigenvalue weighted by Gasteiger charge is -2.31. The Bertz CT molecular complexity index is 659. The monoisotopic (exact) mass is 312 g/mol. The van der Waals surface area contributed by atoms with Gasteiger partial charge in [0.25, 0.3) is 5.91 Å². The van der Waals surface area contributed by atoms with E-state index < -0.39 is 0 Å². The molecule has 0 saturated carbocycles. The molecule has 22 heavy (non-hydrogen) atoms. The Labute approximate surface area is 135 Å². The molecule has 3 fully saturated rings. The zero-order valence-electron chi connectivity index (χ0n) is 12.6. The summed E-state index contributed by atoms with van der Waals surface area (Å²) in [7, 11) is 0. The minimum atomic E-state index is 0.200. The normalized spacial score (nSPS) is 24.3. The van der Waals surface area contributed by atoms with E-state index in [1.165, 1.54) is 5.56 Å². The van der Waals surface area contributed by atoms with Crippen LogP contribution in [0.4, 0.5) is 0 Å². The van der Waals surface area contributed by atoms with Gasteiger partial charge in [0.1, 0.15) is 0 Å². The number of rotatable bonds is 2. The van der Waals surface area contributed by atoms with Crippen LogP contribution in [0.3, 0.4) is 0 Å². The van der Waals surface area contributed by atoms with E-state index in [2.05, 4.69) is 32.7 Å². The average molecular weight is 312 g/mol. The number of nitrogens with zero attached hydrogens (tertiary/aromatic N) is 2. The van der Waals surface area contributed by atoms with E-state index in [-0.39, 0.29) is 5.91 Å². The Morgan fingerprint density at radius 3 is 2.68 bits per heavy atom. The second-order valence-corrected chi connectivity index (χ2v) is 6.94. The van der Waals surface area contributed by atoms with Crippen LogP contribution in [0.25, 0.3) is 11.1 Å². The van der Waals surface area contributed by atoms with E-state index in [1.807, 2.05) is 18.2 Å². The molecule has 4 heteroatoms. The number of hydrogen-bond acceptors (Lipinski definition) is 3. The number of piperidine rings is 1. The van der Waals surface area contributed by atoms with Gasteiger partial charge in [-0.25, -0.2) is 0 Å². The smallest absolute Gasteiger partial charge is 0.254 e. The maximum Gasteiger partial charge on any atom is 0.254 e. The molecule has 3 nitrogen and oxygen atoms in total. The lowest BCUT2D eigenvalue weighted by Crippen LogP contribution is -2.41. The maximum absolute atomic E-state index is 13.0. The molecule has 2 aromatic rings. The second-order valence-electron chi connectivity index (χ2n) is 6.16. The van der Waals surface area contributed by atoms with Gasteiger partial charge in [-0.3, -0.25) is 4.79 Å². The van der Waals surface area contributed by atoms with E-state index in [0.29, 0.717) is 6.04 Å². The van der Waals surface area contributed by atoms with E-state index >= 15 is 0 Å². The summed E-state index contributed by atoms with van der Waals surface area (Å²) >= 11 is 1.69. The quantitative estimate of drug-likeness (QED) is 0.849. The molecule has 0 aliphatic carbocycles. The van der Waals surface area contributed by atoms with Crippen LogP contribution in [0.5, 0.6) is 0 Å². The van der Waals surface area contributed by atoms with Crippen molar-refractivity contribution in [1.82, 2.24) is 9.80 Å². The number of amides is 1. The number of benzene rings is 1. The van der Waals surface area contributed by atoms with Gasteiger partial charge in [-0.05, 0) is 52.9 Å². The lowest BCUT2D eigenvalue weighted by atomic mass is 10.0. The summed E-state index contributed by atoms with van der Waals surface area (Å²) in [6.07, 6.45) is 2.24. The van der Waals surface area contributed by atoms with E-state index in [0.717, 1.165) is 50.1 Å². The fourth-order valence-electron chi connectivity index (χ4n) is 3.58. The van der Waals surface area contributed by atoms with Crippen molar-refractivity contribution in [2.75, 3.05) is 26.2 Å². The molecule has 1 aromatic carbocycles. The highest BCUT2D eigenvalue weighted by Gasteiger charge is 2.32. The molecule has 114 valence electrons. The molecule has 5 rings (SSSR count). The van der Waals surface area contributed by atoms with Crippen LogP contribution < -0.4 is 0 Å². The van der Waals surface area contributed by atoms with Gasteiger partial charge in [0.2, 0.25) is 0 Å². The highest BCUT2D eigenvalue weighted by Crippen LogP contribution is 2.26. The zero-order valence-corrected chi connectivity index (χ0v) is 13.4. The van der Waals surface area contributed by atoms with Crippen LogP contribution in [0.1, 0.15) is 23.2 Å². The maximum atomic E-state index is 13.0. The highest BCUT2D eigenvalue weighted by molar-refractivity contribution is 7.08. The third-order valence-electron chi connectivity index (χ3n) is 4.88. The molecule has 0 radical (unpaired) electrons. The molecule has 0 spiro atoms. The van der Waals surface area contributed by atoms with Gasteiger partial charge in [0, 0.05) is 37.8 Å². The molecular weight excluding hydrogens is 292 g/mol. The summed E-state index contributed by atoms with van der Waals surface area (Å²) < 4.78 is 0. The van der Waals surface area contributed by atoms with Crippen LogP contribution >= 0.6 is 11.3 Å². The van der Waals surface area contributed by atoms with Crippen LogP contribution in [-0.4, -0.2) is 47.9 Å². The van der Waals surface area contributed by atoms with Crippen molar-refractivity contribution in [2.45, 2.75) is 18.9 Å². The predicted molar refractivity (Wildman–Crippen MR) is 90.3 cm³/mol. The number of carbonyl (C=O) groups excluding carboxylic acids is 1. The van der Waals surface area contributed by atoms with Crippen LogP contribution in [0.2, 0.25) is 0 Å². The van der Waals surface area contributed by atoms with E-state index in [9.17, 15) is 4.79 Å². The highest BCUT2D eigenvalue weighted by atomic mass is 32.1. The first-order valence-corrected chi connectivity index (χ1v) is 8.91. The minimum absolute atomic E-state index is 0.200. The molecule has 0 N–H and O–H groups in total. The van der Waals surface area contributed by atoms with Gasteiger partial charge in [0.15, 0.2) is 0 Å². The van der Waals surface area contributed by atoms with Crippen molar-refractivity contribution < 1.29 is 4.79 Å². The summed E-state index contributed by atoms with van der Waals surface area (Å²) in [6, 6.07) is 10.6. The summed E-state index contributed by atoms with van der Waals surface area (Å²) in [5.41, 5.74) is 3.15. The Morgan fingerprint density at radius 1 is 1.05 bits per heavy atom. The average Bonchev–Trinajstić information content (AvgIpc) is 2.95. The molecule has 1 amide bonds. The Hall–Kier alpha value is -1.65. The third kappa shape index (κ3) is 2.57. The van der Waals surface area contributed by atoms with Crippen LogP contribution in [0, 0.1) is 0 Å². The number of carbonyl (C=O) groups is 1. The van der Waals surface area contributed by atoms with Gasteiger partial charge >= 0.3 is 0 Å². The van der Waals surface area contributed by atoms with Crippen molar-refractivity contribution in [3.05, 3.63) is 46.7 Å². The SMILES string of the molecule is O=C(c1cccc(-c2ccsc2)c1)N1CCN2CCC1CC2. The minimum Gasteiger partial charge on any atom is -0.334 e. The first-order valence-electron chi connectivity index (χ1n) is 7.97. The van der Waals surface area contributed by atoms with Crippen molar-refractivity contribution in [2.24, 2.45) is 0 Å². The molecule has 4 heterocycles. The van der Waals surface area contributed by atoms with Gasteiger partial charge in [-0.1, -0.05) is 12.1 Å². The summed E-state index contributed by atoms with van der Waals surface area (Å²) in [4.78, 5) is 17.6. The van der Waals surface area contributed by atoms with Gasteiger partial charge in [-0.15, -0.1) is 0 Å². The fourth-order valence-corrected chi connectivity index (χ4v) is 4.25. The third-order valence-corrected chi connectivity index (χ3v) is 5.56. The molecule has 1 aromatic heterocycles. The van der Waals surface area contributed by atoms with Gasteiger partial charge < -0.3 is 9.80 Å². The Kier molecular flexibility index (Phi) is 3.72. The van der Waals surface area contributed by atoms with Crippen LogP contribution in [0.15, 0.2) is 41.1 Å². The molecule has 2 bridgehead atoms. The first-order chi connectivity index (χ1) is 10.8. The van der Waals surface area contributed by atoms with E-state index in [1.54, 1.807) is 11.3 Å². The van der Waals surface area contributed by atoms with Crippen molar-refractivity contribution in [3.8, 4) is 11.1 Å². The fraction of sp³-hybridized carbons (Fsp3) is 0.389.